The normalized spacial score (nSPS) is 11.4. The van der Waals surface area contributed by atoms with Crippen LogP contribution in [0.4, 0.5) is 5.82 Å². The van der Waals surface area contributed by atoms with Crippen molar-refractivity contribution in [3.8, 4) is 5.75 Å². The lowest BCUT2D eigenvalue weighted by molar-refractivity contribution is 0.469. The number of nitrogens with one attached hydrogen (secondary N) is 1. The summed E-state index contributed by atoms with van der Waals surface area (Å²) in [6.45, 7) is 6.58. The molecule has 0 unspecified atom stereocenters. The van der Waals surface area contributed by atoms with E-state index in [2.05, 4.69) is 15.3 Å². The van der Waals surface area contributed by atoms with Gasteiger partial charge in [-0.3, -0.25) is 0 Å². The molecular formula is C15H18ClN3O. The van der Waals surface area contributed by atoms with Crippen LogP contribution in [0.3, 0.4) is 0 Å². The summed E-state index contributed by atoms with van der Waals surface area (Å²) in [5.41, 5.74) is 0.635. The van der Waals surface area contributed by atoms with Gasteiger partial charge in [0.1, 0.15) is 22.5 Å². The van der Waals surface area contributed by atoms with E-state index < -0.39 is 0 Å². The number of aromatic nitrogens is 2. The number of benzene rings is 1. The average Bonchev–Trinajstić information content (AvgIpc) is 2.36. The molecule has 0 atom stereocenters. The van der Waals surface area contributed by atoms with E-state index >= 15 is 0 Å². The van der Waals surface area contributed by atoms with Crippen molar-refractivity contribution in [2.75, 3.05) is 5.32 Å². The van der Waals surface area contributed by atoms with Crippen LogP contribution in [-0.2, 0) is 12.0 Å². The third-order valence-electron chi connectivity index (χ3n) is 2.82. The largest absolute Gasteiger partial charge is 0.508 e. The average molecular weight is 292 g/mol. The maximum Gasteiger partial charge on any atom is 0.137 e. The number of rotatable bonds is 3. The van der Waals surface area contributed by atoms with Gasteiger partial charge < -0.3 is 10.4 Å². The Morgan fingerprint density at radius 1 is 1.20 bits per heavy atom. The molecule has 0 radical (unpaired) electrons. The first-order chi connectivity index (χ1) is 9.36. The first-order valence-corrected chi connectivity index (χ1v) is 6.80. The number of anilines is 1. The van der Waals surface area contributed by atoms with E-state index in [1.54, 1.807) is 18.2 Å². The summed E-state index contributed by atoms with van der Waals surface area (Å²) in [5.74, 6) is 1.60. The number of halogens is 1. The maximum absolute atomic E-state index is 9.73. The van der Waals surface area contributed by atoms with Crippen LogP contribution in [-0.4, -0.2) is 15.1 Å². The SMILES string of the molecule is CC(C)(C)c1nc(Cl)cc(NCc2ccccc2O)n1. The third kappa shape index (κ3) is 3.61. The van der Waals surface area contributed by atoms with E-state index in [9.17, 15) is 5.11 Å². The van der Waals surface area contributed by atoms with Gasteiger partial charge in [-0.1, -0.05) is 50.6 Å². The number of hydrogen-bond donors (Lipinski definition) is 2. The summed E-state index contributed by atoms with van der Waals surface area (Å²) in [5, 5.41) is 13.3. The van der Waals surface area contributed by atoms with Gasteiger partial charge in [0.15, 0.2) is 0 Å². The van der Waals surface area contributed by atoms with Gasteiger partial charge in [0.2, 0.25) is 0 Å². The zero-order valence-corrected chi connectivity index (χ0v) is 12.6. The molecule has 0 amide bonds. The van der Waals surface area contributed by atoms with Crippen LogP contribution in [0.2, 0.25) is 5.15 Å². The number of phenolic OH excluding ortho intramolecular Hbond substituents is 1. The quantitative estimate of drug-likeness (QED) is 0.846. The Hall–Kier alpha value is -1.81. The smallest absolute Gasteiger partial charge is 0.137 e. The summed E-state index contributed by atoms with van der Waals surface area (Å²) in [6.07, 6.45) is 0. The van der Waals surface area contributed by atoms with Crippen molar-refractivity contribution in [1.82, 2.24) is 9.97 Å². The Bertz CT molecular complexity index is 608. The molecule has 2 aromatic rings. The summed E-state index contributed by atoms with van der Waals surface area (Å²) in [6, 6.07) is 8.86. The van der Waals surface area contributed by atoms with Gasteiger partial charge in [0.25, 0.3) is 0 Å². The second-order valence-electron chi connectivity index (χ2n) is 5.63. The molecule has 0 aliphatic rings. The highest BCUT2D eigenvalue weighted by Gasteiger charge is 2.18. The number of para-hydroxylation sites is 1. The number of nitrogens with zero attached hydrogens (tertiary/aromatic N) is 2. The number of aromatic hydroxyl groups is 1. The molecule has 0 fully saturated rings. The highest BCUT2D eigenvalue weighted by atomic mass is 35.5. The first-order valence-electron chi connectivity index (χ1n) is 6.42. The van der Waals surface area contributed by atoms with Crippen LogP contribution in [0.15, 0.2) is 30.3 Å². The first kappa shape index (κ1) is 14.6. The molecule has 1 heterocycles. The van der Waals surface area contributed by atoms with Crippen molar-refractivity contribution in [1.29, 1.82) is 0 Å². The summed E-state index contributed by atoms with van der Waals surface area (Å²) in [7, 11) is 0. The molecule has 0 aliphatic carbocycles. The van der Waals surface area contributed by atoms with Gasteiger partial charge in [0, 0.05) is 23.6 Å². The van der Waals surface area contributed by atoms with Gasteiger partial charge in [0.05, 0.1) is 0 Å². The molecule has 106 valence electrons. The molecule has 5 heteroatoms. The van der Waals surface area contributed by atoms with Gasteiger partial charge in [-0.15, -0.1) is 0 Å². The molecule has 1 aromatic heterocycles. The molecule has 1 aromatic carbocycles. The Kier molecular flexibility index (Phi) is 4.14. The van der Waals surface area contributed by atoms with Gasteiger partial charge in [-0.2, -0.15) is 0 Å². The lowest BCUT2D eigenvalue weighted by Crippen LogP contribution is -2.17. The molecule has 2 N–H and O–H groups in total. The van der Waals surface area contributed by atoms with Crippen molar-refractivity contribution in [2.45, 2.75) is 32.7 Å². The maximum atomic E-state index is 9.73. The monoisotopic (exact) mass is 291 g/mol. The topological polar surface area (TPSA) is 58.0 Å². The second kappa shape index (κ2) is 5.67. The molecule has 0 aliphatic heterocycles. The van der Waals surface area contributed by atoms with Crippen LogP contribution in [0.1, 0.15) is 32.2 Å². The summed E-state index contributed by atoms with van der Waals surface area (Å²) in [4.78, 5) is 8.70. The Balaban J connectivity index is 2.18. The fraction of sp³-hybridized carbons (Fsp3) is 0.333. The van der Waals surface area contributed by atoms with Crippen molar-refractivity contribution < 1.29 is 5.11 Å². The number of phenols is 1. The van der Waals surface area contributed by atoms with Crippen molar-refractivity contribution >= 4 is 17.4 Å². The van der Waals surface area contributed by atoms with Gasteiger partial charge in [-0.25, -0.2) is 9.97 Å². The lowest BCUT2D eigenvalue weighted by Gasteiger charge is -2.18. The van der Waals surface area contributed by atoms with E-state index in [1.165, 1.54) is 0 Å². The van der Waals surface area contributed by atoms with Crippen LogP contribution in [0.5, 0.6) is 5.75 Å². The molecule has 4 nitrogen and oxygen atoms in total. The van der Waals surface area contributed by atoms with Crippen molar-refractivity contribution in [2.24, 2.45) is 0 Å². The Morgan fingerprint density at radius 3 is 2.55 bits per heavy atom. The Morgan fingerprint density at radius 2 is 1.90 bits per heavy atom. The summed E-state index contributed by atoms with van der Waals surface area (Å²) < 4.78 is 0. The highest BCUT2D eigenvalue weighted by Crippen LogP contribution is 2.23. The molecule has 2 rings (SSSR count). The van der Waals surface area contributed by atoms with E-state index in [0.29, 0.717) is 23.3 Å². The molecular weight excluding hydrogens is 274 g/mol. The fourth-order valence-corrected chi connectivity index (χ4v) is 1.87. The van der Waals surface area contributed by atoms with Crippen LogP contribution < -0.4 is 5.32 Å². The molecule has 0 saturated heterocycles. The molecule has 20 heavy (non-hydrogen) atoms. The van der Waals surface area contributed by atoms with E-state index in [-0.39, 0.29) is 11.2 Å². The molecule has 0 spiro atoms. The standard InChI is InChI=1S/C15H18ClN3O/c1-15(2,3)14-18-12(16)8-13(19-14)17-9-10-6-4-5-7-11(10)20/h4-8,20H,9H2,1-3H3,(H,17,18,19). The van der Waals surface area contributed by atoms with Crippen LogP contribution in [0.25, 0.3) is 0 Å². The minimum absolute atomic E-state index is 0.170. The van der Waals surface area contributed by atoms with Crippen molar-refractivity contribution in [3.63, 3.8) is 0 Å². The number of hydrogen-bond acceptors (Lipinski definition) is 4. The van der Waals surface area contributed by atoms with E-state index in [0.717, 1.165) is 5.56 Å². The fourth-order valence-electron chi connectivity index (χ4n) is 1.69. The van der Waals surface area contributed by atoms with Gasteiger partial charge in [-0.05, 0) is 6.07 Å². The van der Waals surface area contributed by atoms with Crippen LogP contribution in [0, 0.1) is 0 Å². The minimum Gasteiger partial charge on any atom is -0.508 e. The highest BCUT2D eigenvalue weighted by molar-refractivity contribution is 6.29. The van der Waals surface area contributed by atoms with Gasteiger partial charge >= 0.3 is 0 Å². The van der Waals surface area contributed by atoms with Crippen molar-refractivity contribution in [3.05, 3.63) is 46.9 Å². The van der Waals surface area contributed by atoms with Crippen LogP contribution >= 0.6 is 11.6 Å². The minimum atomic E-state index is -0.170. The predicted octanol–water partition coefficient (Wildman–Crippen LogP) is 3.75. The Labute approximate surface area is 123 Å². The van der Waals surface area contributed by atoms with E-state index in [4.69, 9.17) is 11.6 Å². The zero-order valence-electron chi connectivity index (χ0n) is 11.8. The lowest BCUT2D eigenvalue weighted by atomic mass is 9.96. The van der Waals surface area contributed by atoms with E-state index in [1.807, 2.05) is 32.9 Å². The zero-order chi connectivity index (χ0) is 14.8. The predicted molar refractivity (Wildman–Crippen MR) is 81.2 cm³/mol. The molecule has 0 saturated carbocycles. The molecule has 0 bridgehead atoms. The third-order valence-corrected chi connectivity index (χ3v) is 3.01. The second-order valence-corrected chi connectivity index (χ2v) is 6.02. The summed E-state index contributed by atoms with van der Waals surface area (Å²) >= 11 is 6.03.